The smallest absolute Gasteiger partial charge is 0.303 e. The van der Waals surface area contributed by atoms with Crippen LogP contribution in [-0.2, 0) is 17.3 Å². The van der Waals surface area contributed by atoms with Crippen molar-refractivity contribution < 1.29 is 18.3 Å². The molecule has 4 heterocycles. The summed E-state index contributed by atoms with van der Waals surface area (Å²) >= 11 is 0. The first kappa shape index (κ1) is 20.6. The van der Waals surface area contributed by atoms with E-state index in [1.807, 2.05) is 0 Å². The van der Waals surface area contributed by atoms with Gasteiger partial charge in [-0.05, 0) is 6.92 Å². The lowest BCUT2D eigenvalue weighted by molar-refractivity contribution is -0.114. The van der Waals surface area contributed by atoms with Crippen molar-refractivity contribution in [3.63, 3.8) is 0 Å². The van der Waals surface area contributed by atoms with Gasteiger partial charge >= 0.3 is 5.92 Å². The van der Waals surface area contributed by atoms with Crippen LogP contribution in [-0.4, -0.2) is 37.2 Å². The Labute approximate surface area is 176 Å². The van der Waals surface area contributed by atoms with Gasteiger partial charge in [-0.3, -0.25) is 4.79 Å². The lowest BCUT2D eigenvalue weighted by atomic mass is 10.1. The highest BCUT2D eigenvalue weighted by Gasteiger charge is 2.29. The number of alkyl halides is 2. The van der Waals surface area contributed by atoms with Gasteiger partial charge < -0.3 is 15.4 Å². The Morgan fingerprint density at radius 3 is 2.74 bits per heavy atom. The lowest BCUT2D eigenvalue weighted by Gasteiger charge is -2.18. The molecule has 0 bridgehead atoms. The van der Waals surface area contributed by atoms with Gasteiger partial charge in [0, 0.05) is 56.4 Å². The molecule has 0 spiro atoms. The van der Waals surface area contributed by atoms with Gasteiger partial charge in [-0.15, -0.1) is 0 Å². The van der Waals surface area contributed by atoms with E-state index in [-0.39, 0.29) is 11.7 Å². The summed E-state index contributed by atoms with van der Waals surface area (Å²) in [6.07, 6.45) is 4.08. The van der Waals surface area contributed by atoms with Crippen molar-refractivity contribution in [2.24, 2.45) is 0 Å². The molecule has 3 aromatic rings. The number of ether oxygens (including phenoxy) is 1. The van der Waals surface area contributed by atoms with Crippen molar-refractivity contribution in [2.75, 3.05) is 17.2 Å². The number of fused-ring (bicyclic) bond motifs is 1. The zero-order chi connectivity index (χ0) is 22.2. The van der Waals surface area contributed by atoms with Gasteiger partial charge in [0.1, 0.15) is 11.6 Å². The van der Waals surface area contributed by atoms with Crippen LogP contribution < -0.4 is 15.4 Å². The van der Waals surface area contributed by atoms with Crippen LogP contribution in [0.2, 0.25) is 0 Å². The fourth-order valence-electron chi connectivity index (χ4n) is 3.24. The minimum Gasteiger partial charge on any atom is -0.477 e. The molecule has 0 unspecified atom stereocenters. The minimum atomic E-state index is -3.19. The van der Waals surface area contributed by atoms with Crippen LogP contribution in [0.4, 0.5) is 26.1 Å². The lowest BCUT2D eigenvalue weighted by Crippen LogP contribution is -2.15. The molecule has 0 saturated carbocycles. The summed E-state index contributed by atoms with van der Waals surface area (Å²) < 4.78 is 35.2. The first-order chi connectivity index (χ1) is 14.7. The normalized spacial score (nSPS) is 13.3. The highest BCUT2D eigenvalue weighted by molar-refractivity contribution is 5.90. The molecule has 1 amide bonds. The zero-order valence-electron chi connectivity index (χ0n) is 17.2. The molecule has 162 valence electrons. The Bertz CT molecular complexity index is 1140. The van der Waals surface area contributed by atoms with E-state index in [1.165, 1.54) is 6.92 Å². The van der Waals surface area contributed by atoms with Crippen LogP contribution in [0.3, 0.4) is 0 Å². The van der Waals surface area contributed by atoms with Crippen LogP contribution in [0.15, 0.2) is 24.5 Å². The number of anilines is 3. The second kappa shape index (κ2) is 7.89. The molecule has 0 saturated heterocycles. The van der Waals surface area contributed by atoms with Crippen molar-refractivity contribution in [3.8, 4) is 17.0 Å². The van der Waals surface area contributed by atoms with E-state index in [2.05, 4.69) is 30.7 Å². The zero-order valence-corrected chi connectivity index (χ0v) is 17.2. The molecule has 1 aliphatic heterocycles. The van der Waals surface area contributed by atoms with Crippen molar-refractivity contribution in [3.05, 3.63) is 36.0 Å². The summed E-state index contributed by atoms with van der Waals surface area (Å²) in [6, 6.07) is 3.16. The van der Waals surface area contributed by atoms with Gasteiger partial charge in [-0.25, -0.2) is 19.6 Å². The second-order valence-electron chi connectivity index (χ2n) is 7.32. The number of nitrogens with zero attached hydrogens (tertiary/aromatic N) is 5. The van der Waals surface area contributed by atoms with E-state index < -0.39 is 11.7 Å². The van der Waals surface area contributed by atoms with Crippen molar-refractivity contribution >= 4 is 23.2 Å². The summed E-state index contributed by atoms with van der Waals surface area (Å²) in [5.74, 6) is -2.98. The standard InChI is InChI=1S/C20H21F2N7O2/c1-11-7-17(28-19(25-11)20(3,21)22)27-15-8-16(26-12(2)30)23-9-13(15)14-10-24-29-5-4-6-31-18(14)29/h7-10H,4-6H2,1-3H3,(H2,23,25,26,27,28,30). The largest absolute Gasteiger partial charge is 0.477 e. The Morgan fingerprint density at radius 2 is 2.00 bits per heavy atom. The van der Waals surface area contributed by atoms with Gasteiger partial charge in [-0.2, -0.15) is 13.9 Å². The summed E-state index contributed by atoms with van der Waals surface area (Å²) in [5.41, 5.74) is 2.19. The maximum atomic E-state index is 13.8. The first-order valence-corrected chi connectivity index (χ1v) is 9.68. The third-order valence-electron chi connectivity index (χ3n) is 4.55. The molecule has 4 rings (SSSR count). The fourth-order valence-corrected chi connectivity index (χ4v) is 3.24. The van der Waals surface area contributed by atoms with E-state index in [0.717, 1.165) is 19.9 Å². The number of amides is 1. The van der Waals surface area contributed by atoms with Crippen molar-refractivity contribution in [2.45, 2.75) is 39.7 Å². The number of halogens is 2. The molecule has 31 heavy (non-hydrogen) atoms. The van der Waals surface area contributed by atoms with E-state index in [4.69, 9.17) is 4.74 Å². The molecule has 11 heteroatoms. The van der Waals surface area contributed by atoms with Crippen LogP contribution in [0.5, 0.6) is 5.88 Å². The quantitative estimate of drug-likeness (QED) is 0.638. The minimum absolute atomic E-state index is 0.187. The van der Waals surface area contributed by atoms with Gasteiger partial charge in [-0.1, -0.05) is 0 Å². The molecule has 0 radical (unpaired) electrons. The van der Waals surface area contributed by atoms with Crippen molar-refractivity contribution in [1.29, 1.82) is 0 Å². The Morgan fingerprint density at radius 1 is 1.19 bits per heavy atom. The Kier molecular flexibility index (Phi) is 5.25. The number of hydrogen-bond donors (Lipinski definition) is 2. The number of rotatable bonds is 5. The summed E-state index contributed by atoms with van der Waals surface area (Å²) in [7, 11) is 0. The van der Waals surface area contributed by atoms with Crippen LogP contribution in [0.1, 0.15) is 31.8 Å². The van der Waals surface area contributed by atoms with Gasteiger partial charge in [0.05, 0.1) is 24.1 Å². The topological polar surface area (TPSA) is 107 Å². The number of nitrogens with one attached hydrogen (secondary N) is 2. The van der Waals surface area contributed by atoms with Crippen molar-refractivity contribution in [1.82, 2.24) is 24.7 Å². The molecule has 0 fully saturated rings. The second-order valence-corrected chi connectivity index (χ2v) is 7.32. The maximum absolute atomic E-state index is 13.8. The molecule has 3 aromatic heterocycles. The van der Waals surface area contributed by atoms with Gasteiger partial charge in [0.15, 0.2) is 0 Å². The van der Waals surface area contributed by atoms with E-state index in [0.29, 0.717) is 40.8 Å². The summed E-state index contributed by atoms with van der Waals surface area (Å²) in [5, 5.41) is 10.0. The average Bonchev–Trinajstić information content (AvgIpc) is 3.11. The first-order valence-electron chi connectivity index (χ1n) is 9.68. The number of aryl methyl sites for hydroxylation is 2. The molecule has 0 aromatic carbocycles. The molecule has 1 aliphatic rings. The van der Waals surface area contributed by atoms with Gasteiger partial charge in [0.25, 0.3) is 0 Å². The van der Waals surface area contributed by atoms with Gasteiger partial charge in [0.2, 0.25) is 17.6 Å². The Hall–Kier alpha value is -3.63. The summed E-state index contributed by atoms with van der Waals surface area (Å²) in [4.78, 5) is 23.6. The SMILES string of the molecule is CC(=O)Nc1cc(Nc2cc(C)nc(C(C)(F)F)n2)c(-c2cnn3c2OCCC3)cn1. The number of carbonyl (C=O) groups excluding carboxylic acids is 1. The molecular formula is C20H21F2N7O2. The average molecular weight is 429 g/mol. The van der Waals surface area contributed by atoms with E-state index in [1.54, 1.807) is 36.1 Å². The molecule has 2 N–H and O–H groups in total. The number of hydrogen-bond acceptors (Lipinski definition) is 7. The highest BCUT2D eigenvalue weighted by atomic mass is 19.3. The predicted molar refractivity (Wildman–Crippen MR) is 109 cm³/mol. The third kappa shape index (κ3) is 4.44. The molecule has 0 aliphatic carbocycles. The highest BCUT2D eigenvalue weighted by Crippen LogP contribution is 2.38. The van der Waals surface area contributed by atoms with E-state index >= 15 is 0 Å². The predicted octanol–water partition coefficient (Wildman–Crippen LogP) is 3.64. The fraction of sp³-hybridized carbons (Fsp3) is 0.350. The van der Waals surface area contributed by atoms with Crippen LogP contribution >= 0.6 is 0 Å². The van der Waals surface area contributed by atoms with Crippen LogP contribution in [0.25, 0.3) is 11.1 Å². The van der Waals surface area contributed by atoms with E-state index in [9.17, 15) is 13.6 Å². The summed E-state index contributed by atoms with van der Waals surface area (Å²) in [6.45, 7) is 5.03. The van der Waals surface area contributed by atoms with Crippen LogP contribution in [0, 0.1) is 6.92 Å². The number of carbonyl (C=O) groups is 1. The third-order valence-corrected chi connectivity index (χ3v) is 4.55. The Balaban J connectivity index is 1.79. The molecule has 0 atom stereocenters. The molecular weight excluding hydrogens is 408 g/mol. The molecule has 9 nitrogen and oxygen atoms in total. The monoisotopic (exact) mass is 429 g/mol. The number of aromatic nitrogens is 5. The number of pyridine rings is 1. The maximum Gasteiger partial charge on any atom is 0.303 e.